The number of nitrogens with two attached hydrogens (primary N) is 1. The molecule has 1 amide bonds. The van der Waals surface area contributed by atoms with Crippen molar-refractivity contribution in [1.29, 1.82) is 0 Å². The van der Waals surface area contributed by atoms with Gasteiger partial charge in [-0.1, -0.05) is 24.5 Å². The summed E-state index contributed by atoms with van der Waals surface area (Å²) in [5.74, 6) is 0.0881. The SMILES string of the molecule is O=C(C[NH2+]CCC1=CCCCC1)Nc1ccc(N2CCCCCC2)cc1. The van der Waals surface area contributed by atoms with Crippen molar-refractivity contribution >= 4 is 17.3 Å². The summed E-state index contributed by atoms with van der Waals surface area (Å²) < 4.78 is 0. The van der Waals surface area contributed by atoms with Crippen LogP contribution in [0.5, 0.6) is 0 Å². The van der Waals surface area contributed by atoms with Gasteiger partial charge in [0.15, 0.2) is 6.54 Å². The van der Waals surface area contributed by atoms with E-state index in [1.54, 1.807) is 5.57 Å². The van der Waals surface area contributed by atoms with Crippen LogP contribution >= 0.6 is 0 Å². The molecule has 0 aromatic heterocycles. The van der Waals surface area contributed by atoms with Gasteiger partial charge in [0.2, 0.25) is 0 Å². The molecular formula is C22H34N3O+. The molecule has 0 radical (unpaired) electrons. The van der Waals surface area contributed by atoms with Crippen molar-refractivity contribution in [2.75, 3.05) is 36.4 Å². The maximum Gasteiger partial charge on any atom is 0.279 e. The Balaban J connectivity index is 1.37. The van der Waals surface area contributed by atoms with Gasteiger partial charge in [-0.3, -0.25) is 4.79 Å². The van der Waals surface area contributed by atoms with Gasteiger partial charge < -0.3 is 15.5 Å². The molecule has 0 saturated carbocycles. The number of rotatable bonds is 7. The maximum absolute atomic E-state index is 12.1. The summed E-state index contributed by atoms with van der Waals surface area (Å²) in [4.78, 5) is 14.6. The van der Waals surface area contributed by atoms with Crippen molar-refractivity contribution in [3.05, 3.63) is 35.9 Å². The Hall–Kier alpha value is -1.81. The molecule has 2 aliphatic rings. The molecule has 3 N–H and O–H groups in total. The number of benzene rings is 1. The smallest absolute Gasteiger partial charge is 0.279 e. The Morgan fingerprint density at radius 3 is 2.46 bits per heavy atom. The molecule has 4 nitrogen and oxygen atoms in total. The van der Waals surface area contributed by atoms with Gasteiger partial charge in [-0.25, -0.2) is 0 Å². The van der Waals surface area contributed by atoms with Gasteiger partial charge in [-0.2, -0.15) is 0 Å². The lowest BCUT2D eigenvalue weighted by Crippen LogP contribution is -2.86. The molecule has 0 unspecified atom stereocenters. The van der Waals surface area contributed by atoms with Gasteiger partial charge in [0.05, 0.1) is 6.54 Å². The summed E-state index contributed by atoms with van der Waals surface area (Å²) in [6.45, 7) is 3.81. The van der Waals surface area contributed by atoms with Crippen LogP contribution in [0.15, 0.2) is 35.9 Å². The third-order valence-electron chi connectivity index (χ3n) is 5.51. The van der Waals surface area contributed by atoms with E-state index < -0.39 is 0 Å². The zero-order valence-electron chi connectivity index (χ0n) is 16.0. The Morgan fingerprint density at radius 1 is 1.00 bits per heavy atom. The second kappa shape index (κ2) is 10.4. The van der Waals surface area contributed by atoms with Crippen molar-refractivity contribution in [3.8, 4) is 0 Å². The summed E-state index contributed by atoms with van der Waals surface area (Å²) in [6, 6.07) is 8.34. The highest BCUT2D eigenvalue weighted by Gasteiger charge is 2.11. The highest BCUT2D eigenvalue weighted by Crippen LogP contribution is 2.21. The predicted octanol–water partition coefficient (Wildman–Crippen LogP) is 3.46. The highest BCUT2D eigenvalue weighted by atomic mass is 16.1. The molecule has 3 rings (SSSR count). The molecule has 1 fully saturated rings. The van der Waals surface area contributed by atoms with Gasteiger partial charge in [0.1, 0.15) is 0 Å². The average molecular weight is 357 g/mol. The summed E-state index contributed by atoms with van der Waals surface area (Å²) in [5.41, 5.74) is 3.76. The Kier molecular flexibility index (Phi) is 7.56. The van der Waals surface area contributed by atoms with Crippen LogP contribution in [0.4, 0.5) is 11.4 Å². The maximum atomic E-state index is 12.1. The fraction of sp³-hybridized carbons (Fsp3) is 0.591. The summed E-state index contributed by atoms with van der Waals surface area (Å²) in [6.07, 6.45) is 13.9. The van der Waals surface area contributed by atoms with E-state index in [9.17, 15) is 4.79 Å². The van der Waals surface area contributed by atoms with Crippen LogP contribution in [0.2, 0.25) is 0 Å². The number of hydrogen-bond donors (Lipinski definition) is 2. The predicted molar refractivity (Wildman–Crippen MR) is 109 cm³/mol. The number of anilines is 2. The number of nitrogens with zero attached hydrogens (tertiary/aromatic N) is 1. The molecule has 1 aliphatic carbocycles. The average Bonchev–Trinajstić information content (AvgIpc) is 2.96. The first-order valence-corrected chi connectivity index (χ1v) is 10.5. The zero-order valence-corrected chi connectivity index (χ0v) is 16.0. The lowest BCUT2D eigenvalue weighted by atomic mass is 9.97. The van der Waals surface area contributed by atoms with Gasteiger partial charge in [-0.05, 0) is 62.8 Å². The monoisotopic (exact) mass is 356 g/mol. The number of quaternary nitrogens is 1. The van der Waals surface area contributed by atoms with Crippen LogP contribution < -0.4 is 15.5 Å². The minimum absolute atomic E-state index is 0.0881. The molecule has 4 heteroatoms. The quantitative estimate of drug-likeness (QED) is 0.581. The van der Waals surface area contributed by atoms with E-state index in [4.69, 9.17) is 0 Å². The summed E-state index contributed by atoms with van der Waals surface area (Å²) in [7, 11) is 0. The first-order valence-electron chi connectivity index (χ1n) is 10.5. The molecule has 1 aliphatic heterocycles. The van der Waals surface area contributed by atoms with E-state index in [0.717, 1.165) is 31.7 Å². The summed E-state index contributed by atoms with van der Waals surface area (Å²) in [5, 5.41) is 5.14. The third-order valence-corrected chi connectivity index (χ3v) is 5.51. The fourth-order valence-corrected chi connectivity index (χ4v) is 3.95. The highest BCUT2D eigenvalue weighted by molar-refractivity contribution is 5.91. The Bertz CT molecular complexity index is 586. The molecule has 1 heterocycles. The van der Waals surface area contributed by atoms with E-state index in [1.165, 1.54) is 57.1 Å². The van der Waals surface area contributed by atoms with Crippen molar-refractivity contribution in [2.24, 2.45) is 0 Å². The molecule has 0 spiro atoms. The Labute approximate surface area is 158 Å². The number of nitrogens with one attached hydrogen (secondary N) is 1. The van der Waals surface area contributed by atoms with Gasteiger partial charge in [-0.15, -0.1) is 0 Å². The first kappa shape index (κ1) is 19.0. The second-order valence-corrected chi connectivity index (χ2v) is 7.64. The van der Waals surface area contributed by atoms with E-state index in [-0.39, 0.29) is 5.91 Å². The molecule has 1 saturated heterocycles. The van der Waals surface area contributed by atoms with E-state index in [2.05, 4.69) is 33.7 Å². The van der Waals surface area contributed by atoms with Crippen molar-refractivity contribution < 1.29 is 10.1 Å². The first-order chi connectivity index (χ1) is 12.8. The normalized spacial score (nSPS) is 18.2. The van der Waals surface area contributed by atoms with Crippen LogP contribution in [0.25, 0.3) is 0 Å². The standard InChI is InChI=1S/C22H33N3O/c26-22(18-23-15-14-19-8-4-3-5-9-19)24-20-10-12-21(13-11-20)25-16-6-1-2-7-17-25/h8,10-13,23H,1-7,9,14-18H2,(H,24,26)/p+1. The van der Waals surface area contributed by atoms with Gasteiger partial charge in [0, 0.05) is 30.9 Å². The van der Waals surface area contributed by atoms with Crippen molar-refractivity contribution in [3.63, 3.8) is 0 Å². The second-order valence-electron chi connectivity index (χ2n) is 7.64. The van der Waals surface area contributed by atoms with Crippen molar-refractivity contribution in [1.82, 2.24) is 0 Å². The van der Waals surface area contributed by atoms with Gasteiger partial charge in [0.25, 0.3) is 5.91 Å². The van der Waals surface area contributed by atoms with Crippen LogP contribution in [0.3, 0.4) is 0 Å². The molecule has 142 valence electrons. The number of carbonyl (C=O) groups is 1. The lowest BCUT2D eigenvalue weighted by molar-refractivity contribution is -0.643. The molecule has 0 atom stereocenters. The number of hydrogen-bond acceptors (Lipinski definition) is 2. The molecule has 0 bridgehead atoms. The van der Waals surface area contributed by atoms with E-state index in [0.29, 0.717) is 6.54 Å². The van der Waals surface area contributed by atoms with Crippen LogP contribution in [-0.4, -0.2) is 32.1 Å². The largest absolute Gasteiger partial charge is 0.372 e. The van der Waals surface area contributed by atoms with Crippen LogP contribution in [0, 0.1) is 0 Å². The molecular weight excluding hydrogens is 322 g/mol. The molecule has 26 heavy (non-hydrogen) atoms. The lowest BCUT2D eigenvalue weighted by Gasteiger charge is -2.22. The van der Waals surface area contributed by atoms with E-state index >= 15 is 0 Å². The minimum atomic E-state index is 0.0881. The zero-order chi connectivity index (χ0) is 18.0. The van der Waals surface area contributed by atoms with Crippen LogP contribution in [-0.2, 0) is 4.79 Å². The van der Waals surface area contributed by atoms with Crippen molar-refractivity contribution in [2.45, 2.75) is 57.8 Å². The molecule has 1 aromatic rings. The number of allylic oxidation sites excluding steroid dienone is 1. The third kappa shape index (κ3) is 6.17. The number of carbonyl (C=O) groups excluding carboxylic acids is 1. The topological polar surface area (TPSA) is 49.0 Å². The summed E-state index contributed by atoms with van der Waals surface area (Å²) >= 11 is 0. The van der Waals surface area contributed by atoms with Gasteiger partial charge >= 0.3 is 0 Å². The number of amides is 1. The Morgan fingerprint density at radius 2 is 1.77 bits per heavy atom. The molecule has 1 aromatic carbocycles. The minimum Gasteiger partial charge on any atom is -0.372 e. The van der Waals surface area contributed by atoms with E-state index in [1.807, 2.05) is 12.1 Å². The fourth-order valence-electron chi connectivity index (χ4n) is 3.95. The van der Waals surface area contributed by atoms with Crippen LogP contribution in [0.1, 0.15) is 57.8 Å².